The molecule has 0 saturated heterocycles. The third kappa shape index (κ3) is 6.22. The molecular weight excluding hydrogens is 391 g/mol. The molecule has 0 radical (unpaired) electrons. The third-order valence-corrected chi connectivity index (χ3v) is 3.59. The van der Waals surface area contributed by atoms with Crippen molar-refractivity contribution in [3.63, 3.8) is 0 Å². The van der Waals surface area contributed by atoms with E-state index in [1.807, 2.05) is 0 Å². The number of carbonyl (C=O) groups excluding carboxylic acids is 1. The number of nitrogens with one attached hydrogen (secondary N) is 1. The third-order valence-electron chi connectivity index (χ3n) is 3.59. The van der Waals surface area contributed by atoms with Crippen molar-refractivity contribution in [2.75, 3.05) is 0 Å². The van der Waals surface area contributed by atoms with E-state index in [9.17, 15) is 22.8 Å². The molecule has 1 amide bonds. The van der Waals surface area contributed by atoms with Gasteiger partial charge in [0.2, 0.25) is 5.88 Å². The van der Waals surface area contributed by atoms with Crippen molar-refractivity contribution < 1.29 is 32.6 Å². The van der Waals surface area contributed by atoms with Crippen molar-refractivity contribution in [2.24, 2.45) is 5.73 Å². The highest BCUT2D eigenvalue weighted by atomic mass is 19.4. The molecular formula is C19H16F3N3O4. The Bertz CT molecular complexity index is 954. The highest BCUT2D eigenvalue weighted by Gasteiger charge is 2.33. The van der Waals surface area contributed by atoms with E-state index in [1.165, 1.54) is 30.3 Å². The number of amides is 1. The fourth-order valence-electron chi connectivity index (χ4n) is 2.26. The summed E-state index contributed by atoms with van der Waals surface area (Å²) in [6, 6.07) is 6.56. The Labute approximate surface area is 163 Å². The van der Waals surface area contributed by atoms with Crippen LogP contribution in [0.4, 0.5) is 13.2 Å². The second kappa shape index (κ2) is 9.07. The van der Waals surface area contributed by atoms with Gasteiger partial charge in [-0.2, -0.15) is 13.2 Å². The Morgan fingerprint density at radius 3 is 2.62 bits per heavy atom. The molecule has 7 nitrogen and oxygen atoms in total. The standard InChI is InChI=1S/C19H16F3N3O4/c1-2-13(9-17(26)27)24-18(28)12-4-3-5-14(8-12)29-16-7-11(10-23)6-15(25-16)19(20,21)22/h1,3-8,13H,9-10,23H2,(H,24,28)(H,26,27)/t13-/m1/s1. The van der Waals surface area contributed by atoms with Crippen molar-refractivity contribution >= 4 is 11.9 Å². The van der Waals surface area contributed by atoms with Crippen LogP contribution in [-0.4, -0.2) is 28.0 Å². The second-order valence-corrected chi connectivity index (χ2v) is 5.82. The molecule has 4 N–H and O–H groups in total. The van der Waals surface area contributed by atoms with Gasteiger partial charge in [-0.15, -0.1) is 6.42 Å². The lowest BCUT2D eigenvalue weighted by Crippen LogP contribution is -2.35. The van der Waals surface area contributed by atoms with E-state index in [-0.39, 0.29) is 29.3 Å². The minimum atomic E-state index is -4.68. The van der Waals surface area contributed by atoms with Crippen LogP contribution in [-0.2, 0) is 17.5 Å². The zero-order chi connectivity index (χ0) is 21.6. The Balaban J connectivity index is 2.23. The summed E-state index contributed by atoms with van der Waals surface area (Å²) in [5.41, 5.74) is 4.50. The molecule has 0 unspecified atom stereocenters. The normalized spacial score (nSPS) is 12.0. The van der Waals surface area contributed by atoms with E-state index in [0.29, 0.717) is 0 Å². The minimum Gasteiger partial charge on any atom is -0.481 e. The largest absolute Gasteiger partial charge is 0.481 e. The number of halogens is 3. The summed E-state index contributed by atoms with van der Waals surface area (Å²) >= 11 is 0. The van der Waals surface area contributed by atoms with Crippen molar-refractivity contribution in [3.05, 3.63) is 53.2 Å². The van der Waals surface area contributed by atoms with Gasteiger partial charge in [0.25, 0.3) is 5.91 Å². The first kappa shape index (κ1) is 21.7. The van der Waals surface area contributed by atoms with E-state index in [2.05, 4.69) is 16.2 Å². The summed E-state index contributed by atoms with van der Waals surface area (Å²) in [5.74, 6) is 0.000133. The molecule has 0 saturated carbocycles. The maximum atomic E-state index is 13.0. The highest BCUT2D eigenvalue weighted by Crippen LogP contribution is 2.31. The molecule has 10 heteroatoms. The van der Waals surface area contributed by atoms with Crippen LogP contribution >= 0.6 is 0 Å². The van der Waals surface area contributed by atoms with E-state index < -0.39 is 36.2 Å². The van der Waals surface area contributed by atoms with Gasteiger partial charge in [-0.05, 0) is 29.8 Å². The van der Waals surface area contributed by atoms with Crippen LogP contribution in [0.2, 0.25) is 0 Å². The van der Waals surface area contributed by atoms with E-state index in [1.54, 1.807) is 0 Å². The minimum absolute atomic E-state index is 0.0444. The van der Waals surface area contributed by atoms with Crippen LogP contribution in [0.1, 0.15) is 28.0 Å². The number of carboxylic acid groups (broad SMARTS) is 1. The van der Waals surface area contributed by atoms with E-state index in [0.717, 1.165) is 6.07 Å². The maximum absolute atomic E-state index is 13.0. The van der Waals surface area contributed by atoms with Crippen LogP contribution in [0.25, 0.3) is 0 Å². The lowest BCUT2D eigenvalue weighted by Gasteiger charge is -2.13. The number of terminal acetylenes is 1. The van der Waals surface area contributed by atoms with Gasteiger partial charge < -0.3 is 20.9 Å². The van der Waals surface area contributed by atoms with Gasteiger partial charge in [-0.25, -0.2) is 4.98 Å². The molecule has 0 aliphatic heterocycles. The number of rotatable bonds is 7. The van der Waals surface area contributed by atoms with Crippen LogP contribution < -0.4 is 15.8 Å². The van der Waals surface area contributed by atoms with Crippen molar-refractivity contribution in [1.29, 1.82) is 0 Å². The summed E-state index contributed by atoms with van der Waals surface area (Å²) < 4.78 is 44.3. The zero-order valence-electron chi connectivity index (χ0n) is 14.9. The number of alkyl halides is 3. The average molecular weight is 407 g/mol. The van der Waals surface area contributed by atoms with Gasteiger partial charge in [0.15, 0.2) is 0 Å². The average Bonchev–Trinajstić information content (AvgIpc) is 2.66. The molecule has 152 valence electrons. The van der Waals surface area contributed by atoms with Crippen molar-refractivity contribution in [2.45, 2.75) is 25.2 Å². The van der Waals surface area contributed by atoms with Gasteiger partial charge in [0.1, 0.15) is 17.5 Å². The molecule has 0 fully saturated rings. The summed E-state index contributed by atoms with van der Waals surface area (Å²) in [6.07, 6.45) is 0.0480. The second-order valence-electron chi connectivity index (χ2n) is 5.82. The number of hydrogen-bond acceptors (Lipinski definition) is 5. The number of nitrogens with zero attached hydrogens (tertiary/aromatic N) is 1. The molecule has 1 atom stereocenters. The van der Waals surface area contributed by atoms with Gasteiger partial charge in [0, 0.05) is 18.2 Å². The van der Waals surface area contributed by atoms with E-state index in [4.69, 9.17) is 22.0 Å². The number of carboxylic acids is 1. The molecule has 1 heterocycles. The molecule has 0 aliphatic carbocycles. The summed E-state index contributed by atoms with van der Waals surface area (Å²) in [7, 11) is 0. The SMILES string of the molecule is C#C[C@H](CC(=O)O)NC(=O)c1cccc(Oc2cc(CN)cc(C(F)(F)F)n2)c1. The van der Waals surface area contributed by atoms with Crippen LogP contribution in [0.15, 0.2) is 36.4 Å². The molecule has 2 rings (SSSR count). The van der Waals surface area contributed by atoms with Gasteiger partial charge in [-0.1, -0.05) is 12.0 Å². The first-order chi connectivity index (χ1) is 13.6. The fourth-order valence-corrected chi connectivity index (χ4v) is 2.26. The Morgan fingerprint density at radius 1 is 1.31 bits per heavy atom. The zero-order valence-corrected chi connectivity index (χ0v) is 14.9. The molecule has 1 aromatic carbocycles. The topological polar surface area (TPSA) is 115 Å². The molecule has 2 aromatic rings. The fraction of sp³-hybridized carbons (Fsp3) is 0.211. The summed E-state index contributed by atoms with van der Waals surface area (Å²) in [5, 5.41) is 11.1. The first-order valence-corrected chi connectivity index (χ1v) is 8.17. The molecule has 0 spiro atoms. The maximum Gasteiger partial charge on any atom is 0.433 e. The van der Waals surface area contributed by atoms with Crippen LogP contribution in [0, 0.1) is 12.3 Å². The first-order valence-electron chi connectivity index (χ1n) is 8.17. The highest BCUT2D eigenvalue weighted by molar-refractivity contribution is 5.95. The quantitative estimate of drug-likeness (QED) is 0.608. The number of aromatic nitrogens is 1. The number of pyridine rings is 1. The lowest BCUT2D eigenvalue weighted by atomic mass is 10.1. The van der Waals surface area contributed by atoms with Crippen molar-refractivity contribution in [3.8, 4) is 24.0 Å². The lowest BCUT2D eigenvalue weighted by molar-refractivity contribution is -0.141. The number of carbonyl (C=O) groups is 2. The van der Waals surface area contributed by atoms with Gasteiger partial charge in [-0.3, -0.25) is 9.59 Å². The van der Waals surface area contributed by atoms with E-state index >= 15 is 0 Å². The summed E-state index contributed by atoms with van der Waals surface area (Å²) in [6.45, 7) is -0.151. The molecule has 0 bridgehead atoms. The predicted molar refractivity (Wildman–Crippen MR) is 96.0 cm³/mol. The van der Waals surface area contributed by atoms with Crippen molar-refractivity contribution in [1.82, 2.24) is 10.3 Å². The monoisotopic (exact) mass is 407 g/mol. The Kier molecular flexibility index (Phi) is 6.80. The predicted octanol–water partition coefficient (Wildman–Crippen LogP) is 2.56. The number of benzene rings is 1. The smallest absolute Gasteiger partial charge is 0.433 e. The van der Waals surface area contributed by atoms with Crippen LogP contribution in [0.5, 0.6) is 11.6 Å². The van der Waals surface area contributed by atoms with Gasteiger partial charge >= 0.3 is 12.1 Å². The Morgan fingerprint density at radius 2 is 2.03 bits per heavy atom. The molecule has 0 aliphatic rings. The van der Waals surface area contributed by atoms with Gasteiger partial charge in [0.05, 0.1) is 6.42 Å². The number of nitrogens with two attached hydrogens (primary N) is 1. The number of hydrogen-bond donors (Lipinski definition) is 3. The Hall–Kier alpha value is -3.58. The summed E-state index contributed by atoms with van der Waals surface area (Å²) in [4.78, 5) is 26.4. The number of aliphatic carboxylic acids is 1. The molecule has 1 aromatic heterocycles. The number of ether oxygens (including phenoxy) is 1. The van der Waals surface area contributed by atoms with Crippen LogP contribution in [0.3, 0.4) is 0 Å². The molecule has 29 heavy (non-hydrogen) atoms.